The second-order valence-electron chi connectivity index (χ2n) is 7.09. The number of halogens is 2. The summed E-state index contributed by atoms with van der Waals surface area (Å²) < 4.78 is 32.5. The third kappa shape index (κ3) is 3.95. The molecule has 1 aliphatic carbocycles. The van der Waals surface area contributed by atoms with Crippen LogP contribution in [0, 0.1) is 10.1 Å². The molecule has 2 amide bonds. The zero-order valence-electron chi connectivity index (χ0n) is 16.5. The summed E-state index contributed by atoms with van der Waals surface area (Å²) in [5.41, 5.74) is 5.29. The minimum atomic E-state index is -2.79. The molecule has 3 aromatic rings. The van der Waals surface area contributed by atoms with Gasteiger partial charge < -0.3 is 15.8 Å². The lowest BCUT2D eigenvalue weighted by Crippen LogP contribution is -2.21. The van der Waals surface area contributed by atoms with Gasteiger partial charge in [-0.2, -0.15) is 0 Å². The molecule has 3 N–H and O–H groups in total. The summed E-state index contributed by atoms with van der Waals surface area (Å²) in [6.45, 7) is -0.430. The van der Waals surface area contributed by atoms with Crippen molar-refractivity contribution < 1.29 is 28.0 Å². The number of methoxy groups -OCH3 is 1. The Bertz CT molecular complexity index is 1250. The number of hydrogen-bond acceptors (Lipinski definition) is 8. The maximum Gasteiger partial charge on any atom is 0.350 e. The van der Waals surface area contributed by atoms with E-state index in [1.165, 1.54) is 13.2 Å². The minimum absolute atomic E-state index is 0.0157. The van der Waals surface area contributed by atoms with Gasteiger partial charge in [-0.25, -0.2) is 13.8 Å². The Hall–Kier alpha value is -3.68. The monoisotopic (exact) mass is 466 g/mol. The van der Waals surface area contributed by atoms with Crippen LogP contribution in [0.25, 0.3) is 10.2 Å². The number of nitrogens with two attached hydrogens (primary N) is 1. The molecule has 3 aromatic heterocycles. The molecule has 1 fully saturated rings. The van der Waals surface area contributed by atoms with E-state index in [1.807, 2.05) is 0 Å². The van der Waals surface area contributed by atoms with Crippen molar-refractivity contribution in [1.82, 2.24) is 14.8 Å². The number of anilines is 1. The summed E-state index contributed by atoms with van der Waals surface area (Å²) in [7, 11) is 1.20. The first kappa shape index (κ1) is 21.5. The van der Waals surface area contributed by atoms with Gasteiger partial charge in [0.05, 0.1) is 17.7 Å². The quantitative estimate of drug-likeness (QED) is 0.382. The van der Waals surface area contributed by atoms with Crippen LogP contribution in [-0.2, 0) is 11.3 Å². The van der Waals surface area contributed by atoms with E-state index in [9.17, 15) is 28.5 Å². The first-order chi connectivity index (χ1) is 15.2. The normalized spacial score (nSPS) is 13.5. The lowest BCUT2D eigenvalue weighted by Gasteiger charge is -2.10. The van der Waals surface area contributed by atoms with Crippen LogP contribution in [0.5, 0.6) is 5.88 Å². The molecule has 32 heavy (non-hydrogen) atoms. The fourth-order valence-corrected chi connectivity index (χ4v) is 4.36. The lowest BCUT2D eigenvalue weighted by molar-refractivity contribution is -0.385. The average Bonchev–Trinajstić information content (AvgIpc) is 3.39. The Labute approximate surface area is 182 Å². The third-order valence-corrected chi connectivity index (χ3v) is 5.94. The number of nitrogens with zero attached hydrogens (tertiary/aromatic N) is 4. The van der Waals surface area contributed by atoms with Gasteiger partial charge in [0.2, 0.25) is 5.91 Å². The maximum absolute atomic E-state index is 13.3. The third-order valence-electron chi connectivity index (χ3n) is 4.85. The lowest BCUT2D eigenvalue weighted by atomic mass is 10.0. The average molecular weight is 466 g/mol. The molecule has 11 nitrogen and oxygen atoms in total. The van der Waals surface area contributed by atoms with E-state index >= 15 is 0 Å². The standard InChI is InChI=1S/C18H16F2N6O5S/c1-31-17-10(26(29)30)5-25(24-17)6-11(27)23-13-12-8(7-2-3-7)4-9(15(19)20)22-18(12)32-14(13)16(21)28/h4-5,7,15H,2-3,6H2,1H3,(H2,21,28)(H,23,27). The summed E-state index contributed by atoms with van der Waals surface area (Å²) in [4.78, 5) is 39.1. The molecule has 0 atom stereocenters. The van der Waals surface area contributed by atoms with Crippen LogP contribution in [0.1, 0.15) is 46.1 Å². The zero-order valence-corrected chi connectivity index (χ0v) is 17.3. The molecule has 0 aromatic carbocycles. The van der Waals surface area contributed by atoms with Gasteiger partial charge in [-0.1, -0.05) is 0 Å². The number of pyridine rings is 1. The van der Waals surface area contributed by atoms with Crippen molar-refractivity contribution in [3.63, 3.8) is 0 Å². The smallest absolute Gasteiger partial charge is 0.350 e. The number of primary amides is 1. The number of hydrogen-bond donors (Lipinski definition) is 2. The van der Waals surface area contributed by atoms with Gasteiger partial charge in [-0.15, -0.1) is 16.4 Å². The molecule has 0 bridgehead atoms. The van der Waals surface area contributed by atoms with Gasteiger partial charge in [-0.3, -0.25) is 24.4 Å². The molecular formula is C18H16F2N6O5S. The second kappa shape index (κ2) is 8.11. The van der Waals surface area contributed by atoms with Crippen molar-refractivity contribution in [2.75, 3.05) is 12.4 Å². The number of ether oxygens (including phenoxy) is 1. The van der Waals surface area contributed by atoms with Crippen LogP contribution < -0.4 is 15.8 Å². The number of nitro groups is 1. The predicted octanol–water partition coefficient (Wildman–Crippen LogP) is 2.96. The summed E-state index contributed by atoms with van der Waals surface area (Å²) in [5, 5.41) is 17.9. The molecule has 0 radical (unpaired) electrons. The first-order valence-corrected chi connectivity index (χ1v) is 10.1. The van der Waals surface area contributed by atoms with Crippen molar-refractivity contribution in [3.05, 3.63) is 38.5 Å². The van der Waals surface area contributed by atoms with Gasteiger partial charge in [-0.05, 0) is 30.4 Å². The van der Waals surface area contributed by atoms with Gasteiger partial charge in [0.15, 0.2) is 0 Å². The first-order valence-electron chi connectivity index (χ1n) is 9.30. The highest BCUT2D eigenvalue weighted by Crippen LogP contribution is 2.48. The van der Waals surface area contributed by atoms with E-state index in [-0.39, 0.29) is 27.2 Å². The van der Waals surface area contributed by atoms with Crippen molar-refractivity contribution in [2.45, 2.75) is 31.7 Å². The molecule has 14 heteroatoms. The molecule has 0 spiro atoms. The zero-order chi connectivity index (χ0) is 23.2. The van der Waals surface area contributed by atoms with E-state index in [0.717, 1.165) is 35.1 Å². The topological polar surface area (TPSA) is 155 Å². The summed E-state index contributed by atoms with van der Waals surface area (Å²) in [5.74, 6) is -1.75. The fraction of sp³-hybridized carbons (Fsp3) is 0.333. The summed E-state index contributed by atoms with van der Waals surface area (Å²) >= 11 is 0.820. The number of fused-ring (bicyclic) bond motifs is 1. The van der Waals surface area contributed by atoms with Gasteiger partial charge >= 0.3 is 11.6 Å². The SMILES string of the molecule is COc1nn(CC(=O)Nc2c(C(N)=O)sc3nc(C(F)F)cc(C4CC4)c23)cc1[N+](=O)[O-]. The number of aromatic nitrogens is 3. The molecule has 168 valence electrons. The molecule has 4 rings (SSSR count). The van der Waals surface area contributed by atoms with Gasteiger partial charge in [0.25, 0.3) is 12.3 Å². The van der Waals surface area contributed by atoms with Crippen LogP contribution in [-0.4, -0.2) is 38.6 Å². The molecule has 1 saturated carbocycles. The highest BCUT2D eigenvalue weighted by atomic mass is 32.1. The minimum Gasteiger partial charge on any atom is -0.475 e. The molecular weight excluding hydrogens is 450 g/mol. The van der Waals surface area contributed by atoms with Gasteiger partial charge in [0.1, 0.15) is 28.1 Å². The highest BCUT2D eigenvalue weighted by molar-refractivity contribution is 7.21. The molecule has 1 aliphatic rings. The Balaban J connectivity index is 1.72. The highest BCUT2D eigenvalue weighted by Gasteiger charge is 2.32. The van der Waals surface area contributed by atoms with Gasteiger partial charge in [0, 0.05) is 5.39 Å². The Morgan fingerprint density at radius 1 is 1.47 bits per heavy atom. The maximum atomic E-state index is 13.3. The number of carbonyl (C=O) groups is 2. The molecule has 0 unspecified atom stereocenters. The largest absolute Gasteiger partial charge is 0.475 e. The van der Waals surface area contributed by atoms with Crippen molar-refractivity contribution in [1.29, 1.82) is 0 Å². The molecule has 3 heterocycles. The predicted molar refractivity (Wildman–Crippen MR) is 109 cm³/mol. The van der Waals surface area contributed by atoms with E-state index in [0.29, 0.717) is 10.9 Å². The van der Waals surface area contributed by atoms with E-state index in [4.69, 9.17) is 10.5 Å². The number of alkyl halides is 2. The van der Waals surface area contributed by atoms with E-state index in [1.54, 1.807) is 0 Å². The van der Waals surface area contributed by atoms with Crippen LogP contribution in [0.2, 0.25) is 0 Å². The van der Waals surface area contributed by atoms with Crippen LogP contribution in [0.4, 0.5) is 20.2 Å². The Kier molecular flexibility index (Phi) is 5.46. The van der Waals surface area contributed by atoms with Crippen molar-refractivity contribution in [2.24, 2.45) is 5.73 Å². The van der Waals surface area contributed by atoms with Crippen molar-refractivity contribution in [3.8, 4) is 5.88 Å². The van der Waals surface area contributed by atoms with E-state index < -0.39 is 41.1 Å². The van der Waals surface area contributed by atoms with Crippen LogP contribution in [0.15, 0.2) is 12.3 Å². The number of rotatable bonds is 8. The van der Waals surface area contributed by atoms with Crippen molar-refractivity contribution >= 4 is 44.7 Å². The summed E-state index contributed by atoms with van der Waals surface area (Å²) in [6, 6.07) is 1.29. The molecule has 0 aliphatic heterocycles. The Morgan fingerprint density at radius 2 is 2.19 bits per heavy atom. The fourth-order valence-electron chi connectivity index (χ4n) is 3.34. The number of thiophene rings is 1. The number of amides is 2. The second-order valence-corrected chi connectivity index (χ2v) is 8.09. The molecule has 0 saturated heterocycles. The van der Waals surface area contributed by atoms with Crippen LogP contribution >= 0.6 is 11.3 Å². The summed E-state index contributed by atoms with van der Waals surface area (Å²) in [6.07, 6.45) is -0.188. The Morgan fingerprint density at radius 3 is 2.72 bits per heavy atom. The number of nitrogens with one attached hydrogen (secondary N) is 1. The number of carbonyl (C=O) groups excluding carboxylic acids is 2. The van der Waals surface area contributed by atoms with E-state index in [2.05, 4.69) is 15.4 Å². The van der Waals surface area contributed by atoms with Crippen LogP contribution in [0.3, 0.4) is 0 Å².